The molecule has 0 radical (unpaired) electrons. The highest BCUT2D eigenvalue weighted by Crippen LogP contribution is 2.22. The normalized spacial score (nSPS) is 13.6. The lowest BCUT2D eigenvalue weighted by atomic mass is 9.86. The van der Waals surface area contributed by atoms with Crippen LogP contribution in [-0.4, -0.2) is 193 Å². The standard InChI is InChI=1S/C59H98N8O14/c1-12-67(13-2)28-18-17-21-47(54(72)66-50(41-68)53(71)60-26-29-76-31-33-78-35-37-80-38-36-79-34-32-77-30-27-61-57(75)81-59(9,10)11)63-56(74)48(39-42(3)4)64-51(69)43(5)62-55(73)49(40-44-19-15-14-16-20-44)65-52(70)45-22-24-46(25-23-45)58(6,7)8/h14-16,19-20,22-25,42-43,47-50,68H,12-13,17-18,21,26-41H2,1-11H3,(H,60,71)(H,61,75)(H,62,73)(H,63,74)(H,64,69)(H,65,70)(H,66,72)/t43-,47-,48-,49-,50-/m0/s1. The number of aliphatic hydroxyl groups is 1. The van der Waals surface area contributed by atoms with Crippen LogP contribution in [0.2, 0.25) is 0 Å². The maximum atomic E-state index is 14.1. The van der Waals surface area contributed by atoms with Gasteiger partial charge in [0.25, 0.3) is 5.91 Å². The van der Waals surface area contributed by atoms with Crippen molar-refractivity contribution in [3.8, 4) is 0 Å². The molecular formula is C59H98N8O14. The molecular weight excluding hydrogens is 1040 g/mol. The van der Waals surface area contributed by atoms with Gasteiger partial charge < -0.3 is 75.6 Å². The zero-order valence-electron chi connectivity index (χ0n) is 50.2. The summed E-state index contributed by atoms with van der Waals surface area (Å²) in [7, 11) is 0. The fourth-order valence-electron chi connectivity index (χ4n) is 7.92. The van der Waals surface area contributed by atoms with Gasteiger partial charge >= 0.3 is 6.09 Å². The number of nitrogens with one attached hydrogen (secondary N) is 7. The molecule has 2 rings (SSSR count). The van der Waals surface area contributed by atoms with E-state index in [0.717, 1.165) is 37.2 Å². The summed E-state index contributed by atoms with van der Waals surface area (Å²) in [6.07, 6.45) is 1.30. The summed E-state index contributed by atoms with van der Waals surface area (Å²) in [5.74, 6) is -3.79. The molecule has 0 aliphatic carbocycles. The molecule has 0 aliphatic heterocycles. The molecule has 22 nitrogen and oxygen atoms in total. The number of alkyl carbamates (subject to hydrolysis) is 1. The summed E-state index contributed by atoms with van der Waals surface area (Å²) in [4.78, 5) is 96.4. The van der Waals surface area contributed by atoms with E-state index in [1.807, 2.05) is 56.3 Å². The average Bonchev–Trinajstić information content (AvgIpc) is 3.42. The van der Waals surface area contributed by atoms with E-state index in [2.05, 4.69) is 76.7 Å². The number of benzene rings is 2. The number of rotatable bonds is 41. The van der Waals surface area contributed by atoms with E-state index >= 15 is 0 Å². The summed E-state index contributed by atoms with van der Waals surface area (Å²) in [6, 6.07) is 10.6. The van der Waals surface area contributed by atoms with Crippen LogP contribution in [0.15, 0.2) is 54.6 Å². The van der Waals surface area contributed by atoms with Gasteiger partial charge in [-0.2, -0.15) is 0 Å². The first-order valence-electron chi connectivity index (χ1n) is 28.6. The zero-order chi connectivity index (χ0) is 60.2. The molecule has 22 heteroatoms. The zero-order valence-corrected chi connectivity index (χ0v) is 50.2. The second-order valence-corrected chi connectivity index (χ2v) is 22.1. The van der Waals surface area contributed by atoms with Crippen LogP contribution in [0, 0.1) is 5.92 Å². The van der Waals surface area contributed by atoms with E-state index in [1.54, 1.807) is 32.9 Å². The van der Waals surface area contributed by atoms with E-state index in [9.17, 15) is 38.7 Å². The molecule has 5 atom stereocenters. The van der Waals surface area contributed by atoms with Crippen molar-refractivity contribution in [1.29, 1.82) is 0 Å². The maximum absolute atomic E-state index is 14.1. The van der Waals surface area contributed by atoms with Gasteiger partial charge in [-0.3, -0.25) is 28.8 Å². The second-order valence-electron chi connectivity index (χ2n) is 22.1. The molecule has 0 heterocycles. The van der Waals surface area contributed by atoms with Gasteiger partial charge in [-0.05, 0) is 108 Å². The molecule has 0 aromatic heterocycles. The second kappa shape index (κ2) is 39.6. The summed E-state index contributed by atoms with van der Waals surface area (Å²) < 4.78 is 32.6. The van der Waals surface area contributed by atoms with E-state index in [1.165, 1.54) is 6.92 Å². The van der Waals surface area contributed by atoms with E-state index < -0.39 is 84.0 Å². The Kier molecular flexibility index (Phi) is 34.9. The van der Waals surface area contributed by atoms with Gasteiger partial charge in [0.2, 0.25) is 29.5 Å². The molecule has 2 aromatic carbocycles. The number of carbonyl (C=O) groups is 7. The van der Waals surface area contributed by atoms with Crippen molar-refractivity contribution in [2.45, 2.75) is 149 Å². The number of carbonyl (C=O) groups excluding carboxylic acids is 7. The first-order chi connectivity index (χ1) is 38.5. The summed E-state index contributed by atoms with van der Waals surface area (Å²) in [5.41, 5.74) is 1.52. The van der Waals surface area contributed by atoms with Crippen molar-refractivity contribution < 1.29 is 67.1 Å². The first kappa shape index (κ1) is 71.4. The van der Waals surface area contributed by atoms with Gasteiger partial charge in [-0.25, -0.2) is 4.79 Å². The molecule has 0 bridgehead atoms. The molecule has 0 unspecified atom stereocenters. The lowest BCUT2D eigenvalue weighted by Gasteiger charge is -2.27. The SMILES string of the molecule is CCN(CC)CCCC[C@H](NC(=O)[C@H](CC(C)C)NC(=O)[C@H](C)NC(=O)[C@H](Cc1ccccc1)NC(=O)c1ccc(C(C)(C)C)cc1)C(=O)N[C@@H](CO)C(=O)NCCOCCOCCOCCOCCOCCNC(=O)OC(C)(C)C. The summed E-state index contributed by atoms with van der Waals surface area (Å²) in [6.45, 7) is 26.3. The molecule has 8 N–H and O–H groups in total. The van der Waals surface area contributed by atoms with Crippen LogP contribution in [0.4, 0.5) is 4.79 Å². The number of aliphatic hydroxyl groups excluding tert-OH is 1. The molecule has 2 aromatic rings. The molecule has 458 valence electrons. The van der Waals surface area contributed by atoms with Crippen LogP contribution < -0.4 is 37.2 Å². The Balaban J connectivity index is 1.92. The number of hydrogen-bond donors (Lipinski definition) is 8. The van der Waals surface area contributed by atoms with Crippen LogP contribution in [0.3, 0.4) is 0 Å². The highest BCUT2D eigenvalue weighted by molar-refractivity contribution is 5.99. The van der Waals surface area contributed by atoms with E-state index in [4.69, 9.17) is 28.4 Å². The molecule has 81 heavy (non-hydrogen) atoms. The number of amides is 7. The quantitative estimate of drug-likeness (QED) is 0.0442. The summed E-state index contributed by atoms with van der Waals surface area (Å²) in [5, 5.41) is 29.2. The van der Waals surface area contributed by atoms with Crippen molar-refractivity contribution >= 4 is 41.5 Å². The third kappa shape index (κ3) is 31.9. The van der Waals surface area contributed by atoms with Crippen LogP contribution in [-0.2, 0) is 64.2 Å². The highest BCUT2D eigenvalue weighted by Gasteiger charge is 2.32. The van der Waals surface area contributed by atoms with Gasteiger partial charge in [0.1, 0.15) is 35.8 Å². The van der Waals surface area contributed by atoms with E-state index in [0.29, 0.717) is 64.8 Å². The van der Waals surface area contributed by atoms with Crippen molar-refractivity contribution in [3.05, 3.63) is 71.3 Å². The van der Waals surface area contributed by atoms with Crippen LogP contribution in [0.5, 0.6) is 0 Å². The Hall–Kier alpha value is -5.75. The number of unbranched alkanes of at least 4 members (excludes halogenated alkanes) is 1. The van der Waals surface area contributed by atoms with E-state index in [-0.39, 0.29) is 57.0 Å². The van der Waals surface area contributed by atoms with Gasteiger partial charge in [0, 0.05) is 25.1 Å². The Morgan fingerprint density at radius 3 is 1.54 bits per heavy atom. The lowest BCUT2D eigenvalue weighted by Crippen LogP contribution is -2.59. The third-order valence-electron chi connectivity index (χ3n) is 12.5. The Morgan fingerprint density at radius 2 is 1.04 bits per heavy atom. The van der Waals surface area contributed by atoms with Crippen LogP contribution in [0.1, 0.15) is 123 Å². The van der Waals surface area contributed by atoms with Crippen molar-refractivity contribution in [3.63, 3.8) is 0 Å². The number of ether oxygens (including phenoxy) is 6. The monoisotopic (exact) mass is 1140 g/mol. The molecule has 0 spiro atoms. The average molecular weight is 1140 g/mol. The predicted molar refractivity (Wildman–Crippen MR) is 309 cm³/mol. The highest BCUT2D eigenvalue weighted by atomic mass is 16.6. The minimum absolute atomic E-state index is 0.0812. The fraction of sp³-hybridized carbons (Fsp3) is 0.678. The molecule has 0 fully saturated rings. The van der Waals surface area contributed by atoms with Gasteiger partial charge in [0.15, 0.2) is 0 Å². The largest absolute Gasteiger partial charge is 0.444 e. The minimum atomic E-state index is -1.34. The predicted octanol–water partition coefficient (Wildman–Crippen LogP) is 3.56. The minimum Gasteiger partial charge on any atom is -0.444 e. The third-order valence-corrected chi connectivity index (χ3v) is 12.5. The molecule has 7 amide bonds. The first-order valence-corrected chi connectivity index (χ1v) is 28.6. The van der Waals surface area contributed by atoms with Crippen molar-refractivity contribution in [2.75, 3.05) is 105 Å². The smallest absolute Gasteiger partial charge is 0.407 e. The van der Waals surface area contributed by atoms with Crippen LogP contribution >= 0.6 is 0 Å². The van der Waals surface area contributed by atoms with Crippen LogP contribution in [0.25, 0.3) is 0 Å². The lowest BCUT2D eigenvalue weighted by molar-refractivity contribution is -0.135. The van der Waals surface area contributed by atoms with Crippen molar-refractivity contribution in [2.24, 2.45) is 5.92 Å². The Bertz CT molecular complexity index is 2130. The molecule has 0 saturated heterocycles. The summed E-state index contributed by atoms with van der Waals surface area (Å²) >= 11 is 0. The topological polar surface area (TPSA) is 283 Å². The molecule has 0 aliphatic rings. The Morgan fingerprint density at radius 1 is 0.543 bits per heavy atom. The van der Waals surface area contributed by atoms with Gasteiger partial charge in [0.05, 0.1) is 72.7 Å². The number of hydrogen-bond acceptors (Lipinski definition) is 15. The van der Waals surface area contributed by atoms with Gasteiger partial charge in [-0.15, -0.1) is 0 Å². The molecule has 0 saturated carbocycles. The number of nitrogens with zero attached hydrogens (tertiary/aromatic N) is 1. The maximum Gasteiger partial charge on any atom is 0.407 e. The van der Waals surface area contributed by atoms with Gasteiger partial charge in [-0.1, -0.05) is 90.9 Å². The van der Waals surface area contributed by atoms with Crippen molar-refractivity contribution in [1.82, 2.24) is 42.1 Å². The fourth-order valence-corrected chi connectivity index (χ4v) is 7.92. The Labute approximate surface area is 481 Å².